The predicted molar refractivity (Wildman–Crippen MR) is 135 cm³/mol. The molecule has 184 valence electrons. The van der Waals surface area contributed by atoms with Crippen LogP contribution in [0.2, 0.25) is 0 Å². The summed E-state index contributed by atoms with van der Waals surface area (Å²) in [5, 5.41) is 16.1. The van der Waals surface area contributed by atoms with Crippen molar-refractivity contribution in [3.8, 4) is 0 Å². The Morgan fingerprint density at radius 3 is 2.46 bits per heavy atom. The first-order chi connectivity index (χ1) is 17.0. The van der Waals surface area contributed by atoms with E-state index in [9.17, 15) is 19.5 Å². The van der Waals surface area contributed by atoms with Crippen LogP contribution in [0.5, 0.6) is 0 Å². The highest BCUT2D eigenvalue weighted by Crippen LogP contribution is 2.66. The lowest BCUT2D eigenvalue weighted by Crippen LogP contribution is -2.56. The molecule has 7 nitrogen and oxygen atoms in total. The Labute approximate surface area is 209 Å². The molecule has 8 heteroatoms. The summed E-state index contributed by atoms with van der Waals surface area (Å²) in [5.74, 6) is -1.66. The fourth-order valence-electron chi connectivity index (χ4n) is 6.13. The van der Waals surface area contributed by atoms with Gasteiger partial charge >= 0.3 is 0 Å². The van der Waals surface area contributed by atoms with Crippen molar-refractivity contribution in [2.75, 3.05) is 11.9 Å². The van der Waals surface area contributed by atoms with Gasteiger partial charge in [-0.25, -0.2) is 0 Å². The molecule has 5 rings (SSSR count). The molecule has 3 amide bonds. The third kappa shape index (κ3) is 4.02. The average molecular weight is 494 g/mol. The molecule has 3 heterocycles. The van der Waals surface area contributed by atoms with Crippen LogP contribution in [0.1, 0.15) is 31.7 Å². The van der Waals surface area contributed by atoms with Crippen LogP contribution >= 0.6 is 11.8 Å². The Hall–Kier alpha value is -2.84. The summed E-state index contributed by atoms with van der Waals surface area (Å²) in [5.41, 5.74) is 1.67. The van der Waals surface area contributed by atoms with Gasteiger partial charge in [0.2, 0.25) is 17.7 Å². The second-order valence-corrected chi connectivity index (χ2v) is 11.2. The molecule has 1 spiro atoms. The molecule has 3 aliphatic heterocycles. The van der Waals surface area contributed by atoms with E-state index in [1.54, 1.807) is 16.7 Å². The predicted octanol–water partition coefficient (Wildman–Crippen LogP) is 2.80. The van der Waals surface area contributed by atoms with Gasteiger partial charge in [0, 0.05) is 17.5 Å². The summed E-state index contributed by atoms with van der Waals surface area (Å²) in [4.78, 5) is 42.7. The van der Waals surface area contributed by atoms with Crippen molar-refractivity contribution < 1.29 is 19.5 Å². The first-order valence-corrected chi connectivity index (χ1v) is 13.2. The molecule has 0 aliphatic carbocycles. The number of hydrogen-bond donors (Lipinski definition) is 3. The summed E-state index contributed by atoms with van der Waals surface area (Å²) in [6.07, 6.45) is 2.02. The molecular formula is C27H31N3O4S. The topological polar surface area (TPSA) is 98.7 Å². The number of amides is 3. The van der Waals surface area contributed by atoms with E-state index < -0.39 is 28.7 Å². The van der Waals surface area contributed by atoms with E-state index in [2.05, 4.69) is 10.6 Å². The van der Waals surface area contributed by atoms with E-state index in [4.69, 9.17) is 0 Å². The molecule has 3 N–H and O–H groups in total. The van der Waals surface area contributed by atoms with Crippen LogP contribution in [-0.2, 0) is 20.9 Å². The fraction of sp³-hybridized carbons (Fsp3) is 0.444. The summed E-state index contributed by atoms with van der Waals surface area (Å²) in [7, 11) is 0. The van der Waals surface area contributed by atoms with Crippen molar-refractivity contribution in [3.05, 3.63) is 66.2 Å². The number of nitrogens with one attached hydrogen (secondary N) is 2. The zero-order chi connectivity index (χ0) is 24.6. The van der Waals surface area contributed by atoms with Crippen LogP contribution in [0.4, 0.5) is 5.69 Å². The lowest BCUT2D eigenvalue weighted by atomic mass is 9.70. The highest BCUT2D eigenvalue weighted by Gasteiger charge is 2.74. The summed E-state index contributed by atoms with van der Waals surface area (Å²) in [6.45, 7) is 2.05. The maximum atomic E-state index is 13.9. The van der Waals surface area contributed by atoms with Gasteiger partial charge in [-0.3, -0.25) is 14.4 Å². The van der Waals surface area contributed by atoms with Crippen molar-refractivity contribution in [2.24, 2.45) is 11.8 Å². The lowest BCUT2D eigenvalue weighted by Gasteiger charge is -2.36. The number of rotatable bonds is 8. The van der Waals surface area contributed by atoms with Crippen LogP contribution in [0.15, 0.2) is 60.7 Å². The van der Waals surface area contributed by atoms with Crippen LogP contribution in [-0.4, -0.2) is 56.4 Å². The molecule has 3 saturated heterocycles. The minimum atomic E-state index is -0.717. The molecule has 2 bridgehead atoms. The average Bonchev–Trinajstić information content (AvgIpc) is 3.52. The molecule has 0 radical (unpaired) electrons. The molecule has 0 aromatic heterocycles. The van der Waals surface area contributed by atoms with Gasteiger partial charge in [-0.15, -0.1) is 11.8 Å². The monoisotopic (exact) mass is 493 g/mol. The fourth-order valence-corrected chi connectivity index (χ4v) is 8.33. The van der Waals surface area contributed by atoms with Crippen molar-refractivity contribution in [2.45, 2.75) is 54.8 Å². The maximum absolute atomic E-state index is 13.9. The standard InChI is InChI=1S/C27H31N3O4S/c1-2-19(16-31)30-23(25(33)28-15-17-9-5-3-6-10-17)27-14-13-20(35-27)21(22(27)26(30)34)24(32)29-18-11-7-4-8-12-18/h3-12,19-23,31H,2,13-16H2,1H3,(H,28,33)(H,29,32)/t19-,20+,21-,22-,23?,27?/m0/s1. The quantitative estimate of drug-likeness (QED) is 0.525. The second kappa shape index (κ2) is 9.66. The number of anilines is 1. The van der Waals surface area contributed by atoms with Gasteiger partial charge in [-0.1, -0.05) is 55.5 Å². The third-order valence-electron chi connectivity index (χ3n) is 7.72. The normalized spacial score (nSPS) is 29.7. The zero-order valence-electron chi connectivity index (χ0n) is 19.7. The number of aliphatic hydroxyl groups excluding tert-OH is 1. The molecular weight excluding hydrogens is 462 g/mol. The van der Waals surface area contributed by atoms with Gasteiger partial charge in [-0.05, 0) is 37.0 Å². The first-order valence-electron chi connectivity index (χ1n) is 12.3. The maximum Gasteiger partial charge on any atom is 0.244 e. The number of thioether (sulfide) groups is 1. The van der Waals surface area contributed by atoms with Crippen LogP contribution < -0.4 is 10.6 Å². The number of likely N-dealkylation sites (tertiary alicyclic amines) is 1. The molecule has 3 fully saturated rings. The minimum Gasteiger partial charge on any atom is -0.394 e. The van der Waals surface area contributed by atoms with Crippen LogP contribution in [0.25, 0.3) is 0 Å². The number of aliphatic hydroxyl groups is 1. The molecule has 2 aromatic carbocycles. The summed E-state index contributed by atoms with van der Waals surface area (Å²) >= 11 is 1.63. The Kier molecular flexibility index (Phi) is 6.59. The molecule has 2 unspecified atom stereocenters. The van der Waals surface area contributed by atoms with Crippen molar-refractivity contribution in [1.29, 1.82) is 0 Å². The largest absolute Gasteiger partial charge is 0.394 e. The highest BCUT2D eigenvalue weighted by molar-refractivity contribution is 8.02. The van der Waals surface area contributed by atoms with Crippen molar-refractivity contribution in [1.82, 2.24) is 10.2 Å². The molecule has 0 saturated carbocycles. The van der Waals surface area contributed by atoms with Crippen molar-refractivity contribution >= 4 is 35.2 Å². The van der Waals surface area contributed by atoms with E-state index in [0.717, 1.165) is 12.0 Å². The highest BCUT2D eigenvalue weighted by atomic mass is 32.2. The van der Waals surface area contributed by atoms with Crippen LogP contribution in [0.3, 0.4) is 0 Å². The third-order valence-corrected chi connectivity index (χ3v) is 9.67. The SMILES string of the molecule is CC[C@@H](CO)N1C(=O)[C@@H]2[C@@H](C(=O)Nc3ccccc3)[C@H]3CCC2(S3)C1C(=O)NCc1ccccc1. The number of fused-ring (bicyclic) bond motifs is 1. The molecule has 3 aliphatic rings. The first kappa shape index (κ1) is 23.9. The Morgan fingerprint density at radius 1 is 1.11 bits per heavy atom. The number of nitrogens with zero attached hydrogens (tertiary/aromatic N) is 1. The molecule has 6 atom stereocenters. The molecule has 2 aromatic rings. The van der Waals surface area contributed by atoms with E-state index in [-0.39, 0.29) is 29.6 Å². The van der Waals surface area contributed by atoms with Gasteiger partial charge < -0.3 is 20.6 Å². The van der Waals surface area contributed by atoms with Gasteiger partial charge in [0.05, 0.1) is 29.2 Å². The summed E-state index contributed by atoms with van der Waals surface area (Å²) < 4.78 is -0.663. The summed E-state index contributed by atoms with van der Waals surface area (Å²) in [6, 6.07) is 17.7. The number of carbonyl (C=O) groups is 3. The van der Waals surface area contributed by atoms with Gasteiger partial charge in [-0.2, -0.15) is 0 Å². The number of para-hydroxylation sites is 1. The number of hydrogen-bond acceptors (Lipinski definition) is 5. The lowest BCUT2D eigenvalue weighted by molar-refractivity contribution is -0.142. The van der Waals surface area contributed by atoms with E-state index in [1.165, 1.54) is 0 Å². The second-order valence-electron chi connectivity index (χ2n) is 9.60. The van der Waals surface area contributed by atoms with Gasteiger partial charge in [0.1, 0.15) is 6.04 Å². The Bertz CT molecular complexity index is 1090. The number of benzene rings is 2. The Balaban J connectivity index is 1.45. The number of carbonyl (C=O) groups excluding carboxylic acids is 3. The van der Waals surface area contributed by atoms with Crippen molar-refractivity contribution in [3.63, 3.8) is 0 Å². The van der Waals surface area contributed by atoms with E-state index >= 15 is 0 Å². The Morgan fingerprint density at radius 2 is 1.80 bits per heavy atom. The van der Waals surface area contributed by atoms with E-state index in [0.29, 0.717) is 25.1 Å². The van der Waals surface area contributed by atoms with Crippen LogP contribution in [0, 0.1) is 11.8 Å². The zero-order valence-corrected chi connectivity index (χ0v) is 20.5. The van der Waals surface area contributed by atoms with E-state index in [1.807, 2.05) is 67.6 Å². The van der Waals surface area contributed by atoms with Gasteiger partial charge in [0.15, 0.2) is 0 Å². The minimum absolute atomic E-state index is 0.00608. The van der Waals surface area contributed by atoms with Gasteiger partial charge in [0.25, 0.3) is 0 Å². The smallest absolute Gasteiger partial charge is 0.244 e. The molecule has 35 heavy (non-hydrogen) atoms.